The number of likely N-dealkylation sites (N-methyl/N-ethyl adjacent to an activating group) is 2. The van der Waals surface area contributed by atoms with E-state index in [9.17, 15) is 0 Å². The van der Waals surface area contributed by atoms with Crippen LogP contribution in [0.2, 0.25) is 0 Å². The molecule has 1 aromatic rings. The fourth-order valence-electron chi connectivity index (χ4n) is 3.18. The highest BCUT2D eigenvalue weighted by atomic mass is 127. The third-order valence-electron chi connectivity index (χ3n) is 4.71. The zero-order chi connectivity index (χ0) is 17.2. The summed E-state index contributed by atoms with van der Waals surface area (Å²) in [4.78, 5) is 8.95. The Labute approximate surface area is 169 Å². The molecule has 1 saturated carbocycles. The van der Waals surface area contributed by atoms with E-state index in [-0.39, 0.29) is 24.0 Å². The van der Waals surface area contributed by atoms with Gasteiger partial charge in [-0.15, -0.1) is 24.0 Å². The first-order valence-electron chi connectivity index (χ1n) is 9.00. The van der Waals surface area contributed by atoms with E-state index in [0.29, 0.717) is 6.61 Å². The average molecular weight is 460 g/mol. The highest BCUT2D eigenvalue weighted by Gasteiger charge is 2.19. The molecule has 0 unspecified atom stereocenters. The summed E-state index contributed by atoms with van der Waals surface area (Å²) in [5.74, 6) is 1.83. The molecule has 1 aliphatic rings. The molecule has 1 fully saturated rings. The van der Waals surface area contributed by atoms with E-state index >= 15 is 0 Å². The summed E-state index contributed by atoms with van der Waals surface area (Å²) >= 11 is 0. The van der Waals surface area contributed by atoms with Gasteiger partial charge in [0, 0.05) is 33.2 Å². The molecule has 0 spiro atoms. The van der Waals surface area contributed by atoms with Crippen LogP contribution < -0.4 is 10.1 Å². The highest BCUT2D eigenvalue weighted by Crippen LogP contribution is 2.21. The predicted octanol–water partition coefficient (Wildman–Crippen LogP) is 3.07. The summed E-state index contributed by atoms with van der Waals surface area (Å²) < 4.78 is 5.75. The molecule has 6 heteroatoms. The smallest absolute Gasteiger partial charge is 0.193 e. The molecule has 0 aromatic heterocycles. The number of aliphatic imine (C=N–C) groups is 1. The molecule has 0 bridgehead atoms. The number of nitrogens with zero attached hydrogens (tertiary/aromatic N) is 3. The number of ether oxygens (including phenoxy) is 1. The largest absolute Gasteiger partial charge is 0.492 e. The molecule has 0 saturated heterocycles. The van der Waals surface area contributed by atoms with Crippen LogP contribution in [0.4, 0.5) is 0 Å². The summed E-state index contributed by atoms with van der Waals surface area (Å²) in [6, 6.07) is 10.7. The lowest BCUT2D eigenvalue weighted by Gasteiger charge is -2.26. The average Bonchev–Trinajstić information content (AvgIpc) is 3.14. The number of halogens is 1. The van der Waals surface area contributed by atoms with Gasteiger partial charge in [0.25, 0.3) is 0 Å². The number of rotatable bonds is 8. The van der Waals surface area contributed by atoms with Crippen LogP contribution in [-0.2, 0) is 0 Å². The van der Waals surface area contributed by atoms with Gasteiger partial charge in [-0.25, -0.2) is 0 Å². The maximum absolute atomic E-state index is 5.75. The molecular formula is C19H33IN4O. The summed E-state index contributed by atoms with van der Waals surface area (Å²) in [5, 5.41) is 3.45. The summed E-state index contributed by atoms with van der Waals surface area (Å²) in [7, 11) is 6.11. The second-order valence-electron chi connectivity index (χ2n) is 6.48. The SMILES string of the molecule is CN=C(NCCN(C)C1CCCC1)N(C)CCOc1ccccc1.I. The van der Waals surface area contributed by atoms with Gasteiger partial charge >= 0.3 is 0 Å². The molecule has 0 heterocycles. The third kappa shape index (κ3) is 7.81. The molecule has 25 heavy (non-hydrogen) atoms. The molecule has 1 aliphatic carbocycles. The fourth-order valence-corrected chi connectivity index (χ4v) is 3.18. The van der Waals surface area contributed by atoms with Crippen molar-refractivity contribution in [3.63, 3.8) is 0 Å². The first-order valence-corrected chi connectivity index (χ1v) is 9.00. The number of guanidine groups is 1. The number of nitrogens with one attached hydrogen (secondary N) is 1. The standard InChI is InChI=1S/C19H32N4O.HI/c1-20-19(21-13-14-22(2)17-9-7-8-10-17)23(3)15-16-24-18-11-5-4-6-12-18;/h4-6,11-12,17H,7-10,13-16H2,1-3H3,(H,20,21);1H. The summed E-state index contributed by atoms with van der Waals surface area (Å²) in [6.07, 6.45) is 5.46. The lowest BCUT2D eigenvalue weighted by molar-refractivity contribution is 0.247. The van der Waals surface area contributed by atoms with Gasteiger partial charge in [0.2, 0.25) is 0 Å². The number of para-hydroxylation sites is 1. The van der Waals surface area contributed by atoms with Crippen LogP contribution in [0.15, 0.2) is 35.3 Å². The van der Waals surface area contributed by atoms with Gasteiger partial charge in [0.15, 0.2) is 5.96 Å². The minimum atomic E-state index is 0. The lowest BCUT2D eigenvalue weighted by atomic mass is 10.2. The van der Waals surface area contributed by atoms with Crippen molar-refractivity contribution in [2.45, 2.75) is 31.7 Å². The Hall–Kier alpha value is -1.02. The van der Waals surface area contributed by atoms with Gasteiger partial charge in [0.1, 0.15) is 12.4 Å². The van der Waals surface area contributed by atoms with Gasteiger partial charge in [-0.1, -0.05) is 31.0 Å². The Morgan fingerprint density at radius 3 is 2.48 bits per heavy atom. The van der Waals surface area contributed by atoms with Crippen molar-refractivity contribution in [1.29, 1.82) is 0 Å². The first-order chi connectivity index (χ1) is 11.7. The van der Waals surface area contributed by atoms with E-state index in [4.69, 9.17) is 4.74 Å². The van der Waals surface area contributed by atoms with E-state index < -0.39 is 0 Å². The van der Waals surface area contributed by atoms with Crippen LogP contribution >= 0.6 is 24.0 Å². The van der Waals surface area contributed by atoms with Crippen LogP contribution in [0.25, 0.3) is 0 Å². The van der Waals surface area contributed by atoms with E-state index in [0.717, 1.165) is 37.4 Å². The second kappa shape index (κ2) is 12.4. The third-order valence-corrected chi connectivity index (χ3v) is 4.71. The van der Waals surface area contributed by atoms with E-state index in [1.807, 2.05) is 44.4 Å². The Balaban J connectivity index is 0.00000312. The zero-order valence-electron chi connectivity index (χ0n) is 15.8. The summed E-state index contributed by atoms with van der Waals surface area (Å²) in [6.45, 7) is 3.41. The predicted molar refractivity (Wildman–Crippen MR) is 116 cm³/mol. The molecule has 5 nitrogen and oxygen atoms in total. The monoisotopic (exact) mass is 460 g/mol. The van der Waals surface area contributed by atoms with Gasteiger partial charge in [-0.05, 0) is 32.0 Å². The molecule has 142 valence electrons. The van der Waals surface area contributed by atoms with Crippen molar-refractivity contribution in [2.24, 2.45) is 4.99 Å². The molecule has 0 atom stereocenters. The number of hydrogen-bond donors (Lipinski definition) is 1. The lowest BCUT2D eigenvalue weighted by Crippen LogP contribution is -2.44. The topological polar surface area (TPSA) is 40.1 Å². The van der Waals surface area contributed by atoms with Gasteiger partial charge in [-0.3, -0.25) is 4.99 Å². The first kappa shape index (κ1) is 22.0. The second-order valence-corrected chi connectivity index (χ2v) is 6.48. The van der Waals surface area contributed by atoms with Crippen LogP contribution in [-0.4, -0.2) is 69.2 Å². The van der Waals surface area contributed by atoms with Crippen molar-refractivity contribution < 1.29 is 4.74 Å². The molecule has 1 aromatic carbocycles. The molecule has 0 aliphatic heterocycles. The fraction of sp³-hybridized carbons (Fsp3) is 0.632. The summed E-state index contributed by atoms with van der Waals surface area (Å²) in [5.41, 5.74) is 0. The van der Waals surface area contributed by atoms with Gasteiger partial charge in [0.05, 0.1) is 6.54 Å². The minimum absolute atomic E-state index is 0. The Kier molecular flexibility index (Phi) is 10.9. The zero-order valence-corrected chi connectivity index (χ0v) is 18.1. The van der Waals surface area contributed by atoms with Crippen LogP contribution in [0, 0.1) is 0 Å². The molecule has 2 rings (SSSR count). The van der Waals surface area contributed by atoms with Crippen LogP contribution in [0.1, 0.15) is 25.7 Å². The van der Waals surface area contributed by atoms with Gasteiger partial charge < -0.3 is 19.9 Å². The number of hydrogen-bond acceptors (Lipinski definition) is 3. The molecule has 0 amide bonds. The van der Waals surface area contributed by atoms with E-state index in [1.54, 1.807) is 0 Å². The molecule has 0 radical (unpaired) electrons. The Bertz CT molecular complexity index is 491. The Morgan fingerprint density at radius 2 is 1.84 bits per heavy atom. The van der Waals surface area contributed by atoms with Crippen LogP contribution in [0.3, 0.4) is 0 Å². The van der Waals surface area contributed by atoms with Crippen LogP contribution in [0.5, 0.6) is 5.75 Å². The van der Waals surface area contributed by atoms with Crippen molar-refractivity contribution in [3.8, 4) is 5.75 Å². The van der Waals surface area contributed by atoms with Crippen molar-refractivity contribution in [1.82, 2.24) is 15.1 Å². The normalized spacial score (nSPS) is 15.1. The highest BCUT2D eigenvalue weighted by molar-refractivity contribution is 14.0. The van der Waals surface area contributed by atoms with E-state index in [1.165, 1.54) is 25.7 Å². The van der Waals surface area contributed by atoms with Crippen molar-refractivity contribution >= 4 is 29.9 Å². The molecular weight excluding hydrogens is 427 g/mol. The maximum Gasteiger partial charge on any atom is 0.193 e. The van der Waals surface area contributed by atoms with Gasteiger partial charge in [-0.2, -0.15) is 0 Å². The number of benzene rings is 1. The van der Waals surface area contributed by atoms with Crippen molar-refractivity contribution in [2.75, 3.05) is 47.4 Å². The van der Waals surface area contributed by atoms with E-state index in [2.05, 4.69) is 27.2 Å². The minimum Gasteiger partial charge on any atom is -0.492 e. The quantitative estimate of drug-likeness (QED) is 0.368. The van der Waals surface area contributed by atoms with Crippen molar-refractivity contribution in [3.05, 3.63) is 30.3 Å². The Morgan fingerprint density at radius 1 is 1.16 bits per heavy atom. The molecule has 1 N–H and O–H groups in total. The maximum atomic E-state index is 5.75.